The van der Waals surface area contributed by atoms with E-state index in [1.54, 1.807) is 48.4 Å². The van der Waals surface area contributed by atoms with Gasteiger partial charge < -0.3 is 20.3 Å². The fraction of sp³-hybridized carbons (Fsp3) is 0.130. The molecule has 0 unspecified atom stereocenters. The van der Waals surface area contributed by atoms with Crippen LogP contribution in [0.5, 0.6) is 5.75 Å². The van der Waals surface area contributed by atoms with Crippen LogP contribution in [0.1, 0.15) is 21.5 Å². The first kappa shape index (κ1) is 18.6. The van der Waals surface area contributed by atoms with E-state index in [2.05, 4.69) is 10.6 Å². The highest BCUT2D eigenvalue weighted by molar-refractivity contribution is 6.04. The van der Waals surface area contributed by atoms with E-state index in [-0.39, 0.29) is 11.9 Å². The summed E-state index contributed by atoms with van der Waals surface area (Å²) >= 11 is 0. The van der Waals surface area contributed by atoms with Crippen LogP contribution in [0.25, 0.3) is 0 Å². The lowest BCUT2D eigenvalue weighted by Crippen LogP contribution is -2.30. The molecule has 0 aliphatic carbocycles. The summed E-state index contributed by atoms with van der Waals surface area (Å²) in [5, 5.41) is 5.72. The molecular formula is C23H21N3O3. The van der Waals surface area contributed by atoms with Crippen LogP contribution in [0, 0.1) is 0 Å². The summed E-state index contributed by atoms with van der Waals surface area (Å²) in [6.45, 7) is 1.20. The molecule has 146 valence electrons. The molecule has 0 bridgehead atoms. The van der Waals surface area contributed by atoms with Gasteiger partial charge in [0, 0.05) is 36.1 Å². The van der Waals surface area contributed by atoms with E-state index >= 15 is 0 Å². The molecular weight excluding hydrogens is 366 g/mol. The van der Waals surface area contributed by atoms with Gasteiger partial charge in [-0.25, -0.2) is 4.79 Å². The van der Waals surface area contributed by atoms with Gasteiger partial charge in [-0.3, -0.25) is 4.79 Å². The summed E-state index contributed by atoms with van der Waals surface area (Å²) in [7, 11) is 1.58. The average Bonchev–Trinajstić information content (AvgIpc) is 3.19. The zero-order chi connectivity index (χ0) is 20.2. The van der Waals surface area contributed by atoms with Gasteiger partial charge in [0.2, 0.25) is 0 Å². The molecule has 0 saturated carbocycles. The second-order valence-corrected chi connectivity index (χ2v) is 6.82. The Morgan fingerprint density at radius 3 is 2.17 bits per heavy atom. The zero-order valence-corrected chi connectivity index (χ0v) is 16.0. The highest BCUT2D eigenvalue weighted by Crippen LogP contribution is 2.23. The number of urea groups is 1. The Bertz CT molecular complexity index is 1020. The second kappa shape index (κ2) is 8.06. The molecule has 1 heterocycles. The van der Waals surface area contributed by atoms with Crippen LogP contribution >= 0.6 is 0 Å². The van der Waals surface area contributed by atoms with Crippen molar-refractivity contribution in [2.75, 3.05) is 17.7 Å². The van der Waals surface area contributed by atoms with Gasteiger partial charge in [0.15, 0.2) is 0 Å². The minimum Gasteiger partial charge on any atom is -0.497 e. The number of anilines is 2. The fourth-order valence-corrected chi connectivity index (χ4v) is 3.29. The Morgan fingerprint density at radius 2 is 1.52 bits per heavy atom. The Hall–Kier alpha value is -3.80. The average molecular weight is 387 g/mol. The number of hydrogen-bond donors (Lipinski definition) is 2. The van der Waals surface area contributed by atoms with Crippen molar-refractivity contribution in [3.05, 3.63) is 89.5 Å². The zero-order valence-electron chi connectivity index (χ0n) is 16.0. The van der Waals surface area contributed by atoms with E-state index in [0.29, 0.717) is 35.8 Å². The van der Waals surface area contributed by atoms with Crippen molar-refractivity contribution in [3.63, 3.8) is 0 Å². The predicted molar refractivity (Wildman–Crippen MR) is 112 cm³/mol. The predicted octanol–water partition coefficient (Wildman–Crippen LogP) is 4.50. The molecule has 0 aromatic heterocycles. The van der Waals surface area contributed by atoms with Gasteiger partial charge in [-0.15, -0.1) is 0 Å². The summed E-state index contributed by atoms with van der Waals surface area (Å²) < 4.78 is 5.16. The van der Waals surface area contributed by atoms with Crippen molar-refractivity contribution in [1.29, 1.82) is 0 Å². The Balaban J connectivity index is 1.36. The summed E-state index contributed by atoms with van der Waals surface area (Å²) in [6.07, 6.45) is 0. The summed E-state index contributed by atoms with van der Waals surface area (Å²) in [4.78, 5) is 26.7. The van der Waals surface area contributed by atoms with Crippen LogP contribution in [-0.2, 0) is 13.1 Å². The SMILES string of the molecule is COc1cccc(NC(=O)c2ccc(NC(=O)N3Cc4ccccc4C3)cc2)c1. The molecule has 2 N–H and O–H groups in total. The number of carbonyl (C=O) groups is 2. The van der Waals surface area contributed by atoms with Gasteiger partial charge >= 0.3 is 6.03 Å². The van der Waals surface area contributed by atoms with E-state index < -0.39 is 0 Å². The van der Waals surface area contributed by atoms with Crippen molar-refractivity contribution < 1.29 is 14.3 Å². The van der Waals surface area contributed by atoms with E-state index in [1.165, 1.54) is 11.1 Å². The topological polar surface area (TPSA) is 70.7 Å². The van der Waals surface area contributed by atoms with E-state index in [0.717, 1.165) is 0 Å². The standard InChI is InChI=1S/C23H21N3O3/c1-29-21-8-4-7-20(13-21)24-22(27)16-9-11-19(12-10-16)25-23(28)26-14-17-5-2-3-6-18(17)15-26/h2-13H,14-15H2,1H3,(H,24,27)(H,25,28). The van der Waals surface area contributed by atoms with Crippen molar-refractivity contribution in [2.24, 2.45) is 0 Å². The summed E-state index contributed by atoms with van der Waals surface area (Å²) in [6, 6.07) is 21.9. The number of methoxy groups -OCH3 is 1. The molecule has 0 spiro atoms. The first-order valence-electron chi connectivity index (χ1n) is 9.30. The molecule has 3 aromatic rings. The maximum absolute atomic E-state index is 12.5. The normalized spacial score (nSPS) is 12.2. The van der Waals surface area contributed by atoms with Gasteiger partial charge in [-0.05, 0) is 47.5 Å². The first-order valence-corrected chi connectivity index (χ1v) is 9.30. The number of ether oxygens (including phenoxy) is 1. The van der Waals surface area contributed by atoms with Crippen LogP contribution in [0.2, 0.25) is 0 Å². The number of carbonyl (C=O) groups excluding carboxylic acids is 2. The lowest BCUT2D eigenvalue weighted by atomic mass is 10.1. The Labute approximate surface area is 169 Å². The highest BCUT2D eigenvalue weighted by Gasteiger charge is 2.22. The number of amides is 3. The molecule has 0 saturated heterocycles. The molecule has 1 aliphatic heterocycles. The molecule has 0 atom stereocenters. The van der Waals surface area contributed by atoms with Gasteiger partial charge in [-0.2, -0.15) is 0 Å². The van der Waals surface area contributed by atoms with E-state index in [1.807, 2.05) is 36.4 Å². The molecule has 6 nitrogen and oxygen atoms in total. The summed E-state index contributed by atoms with van der Waals surface area (Å²) in [5.74, 6) is 0.441. The number of rotatable bonds is 4. The lowest BCUT2D eigenvalue weighted by molar-refractivity contribution is 0.102. The summed E-state index contributed by atoms with van der Waals surface area (Å²) in [5.41, 5.74) is 4.14. The first-order chi connectivity index (χ1) is 14.1. The molecule has 4 rings (SSSR count). The van der Waals surface area contributed by atoms with Crippen molar-refractivity contribution in [2.45, 2.75) is 13.1 Å². The van der Waals surface area contributed by atoms with Crippen LogP contribution in [0.3, 0.4) is 0 Å². The number of nitrogens with one attached hydrogen (secondary N) is 2. The largest absolute Gasteiger partial charge is 0.497 e. The molecule has 6 heteroatoms. The number of benzene rings is 3. The molecule has 3 amide bonds. The minimum absolute atomic E-state index is 0.158. The van der Waals surface area contributed by atoms with Crippen LogP contribution in [-0.4, -0.2) is 23.9 Å². The second-order valence-electron chi connectivity index (χ2n) is 6.82. The number of hydrogen-bond acceptors (Lipinski definition) is 3. The third-order valence-corrected chi connectivity index (χ3v) is 4.85. The molecule has 0 fully saturated rings. The van der Waals surface area contributed by atoms with E-state index in [4.69, 9.17) is 4.74 Å². The lowest BCUT2D eigenvalue weighted by Gasteiger charge is -2.16. The van der Waals surface area contributed by atoms with Gasteiger partial charge in [-0.1, -0.05) is 30.3 Å². The monoisotopic (exact) mass is 387 g/mol. The quantitative estimate of drug-likeness (QED) is 0.693. The third kappa shape index (κ3) is 4.21. The number of fused-ring (bicyclic) bond motifs is 1. The smallest absolute Gasteiger partial charge is 0.322 e. The van der Waals surface area contributed by atoms with E-state index in [9.17, 15) is 9.59 Å². The van der Waals surface area contributed by atoms with Gasteiger partial charge in [0.05, 0.1) is 7.11 Å². The Kier molecular flexibility index (Phi) is 5.16. The molecule has 0 radical (unpaired) electrons. The maximum atomic E-state index is 12.5. The Morgan fingerprint density at radius 1 is 0.828 bits per heavy atom. The number of nitrogens with zero attached hydrogens (tertiary/aromatic N) is 1. The van der Waals surface area contributed by atoms with Gasteiger partial charge in [0.1, 0.15) is 5.75 Å². The van der Waals surface area contributed by atoms with Crippen molar-refractivity contribution >= 4 is 23.3 Å². The van der Waals surface area contributed by atoms with Crippen LogP contribution in [0.4, 0.5) is 16.2 Å². The van der Waals surface area contributed by atoms with Crippen LogP contribution in [0.15, 0.2) is 72.8 Å². The highest BCUT2D eigenvalue weighted by atomic mass is 16.5. The molecule has 29 heavy (non-hydrogen) atoms. The molecule has 3 aromatic carbocycles. The fourth-order valence-electron chi connectivity index (χ4n) is 3.29. The van der Waals surface area contributed by atoms with Crippen molar-refractivity contribution in [3.8, 4) is 5.75 Å². The maximum Gasteiger partial charge on any atom is 0.322 e. The van der Waals surface area contributed by atoms with Crippen molar-refractivity contribution in [1.82, 2.24) is 4.90 Å². The third-order valence-electron chi connectivity index (χ3n) is 4.85. The molecule has 1 aliphatic rings. The van der Waals surface area contributed by atoms with Gasteiger partial charge in [0.25, 0.3) is 5.91 Å². The van der Waals surface area contributed by atoms with Crippen LogP contribution < -0.4 is 15.4 Å². The minimum atomic E-state index is -0.230.